The molecule has 2 aliphatic carbocycles. The molecule has 1 aliphatic heterocycles. The van der Waals surface area contributed by atoms with Gasteiger partial charge in [0.05, 0.1) is 23.0 Å². The summed E-state index contributed by atoms with van der Waals surface area (Å²) in [6, 6.07) is 16.5. The number of ether oxygens (including phenoxy) is 1. The number of nitrogens with zero attached hydrogens (tertiary/aromatic N) is 1. The summed E-state index contributed by atoms with van der Waals surface area (Å²) in [4.78, 5) is 14.9. The van der Waals surface area contributed by atoms with Gasteiger partial charge in [-0.25, -0.2) is 8.42 Å². The highest BCUT2D eigenvalue weighted by Gasteiger charge is 2.68. The third-order valence-corrected chi connectivity index (χ3v) is 11.4. The molecule has 0 spiro atoms. The van der Waals surface area contributed by atoms with Crippen molar-refractivity contribution in [3.63, 3.8) is 0 Å². The second kappa shape index (κ2) is 10.6. The monoisotopic (exact) mass is 533 g/mol. The number of benzene rings is 2. The number of ketones is 1. The van der Waals surface area contributed by atoms with Crippen LogP contribution in [0.2, 0.25) is 0 Å². The lowest BCUT2D eigenvalue weighted by Gasteiger charge is -2.62. The molecule has 1 saturated carbocycles. The van der Waals surface area contributed by atoms with Gasteiger partial charge in [0.25, 0.3) is 0 Å². The Balaban J connectivity index is 1.56. The fraction of sp³-hybridized carbons (Fsp3) is 0.469. The van der Waals surface area contributed by atoms with E-state index in [4.69, 9.17) is 4.74 Å². The van der Waals surface area contributed by atoms with Crippen LogP contribution in [0.15, 0.2) is 84.3 Å². The minimum atomic E-state index is -3.81. The van der Waals surface area contributed by atoms with Gasteiger partial charge in [0.2, 0.25) is 10.0 Å². The number of hydrogen-bond donors (Lipinski definition) is 0. The normalized spacial score (nSPS) is 31.1. The minimum Gasteiger partial charge on any atom is -0.377 e. The number of sulfonamides is 1. The SMILES string of the molecule is C=CC[C@@H]1CC[C@@H]2CN(S(=O)(=O)c3ccc(C)cc3)[C@H]3C=CC[C@]2(C)[C@@]3(CCOCc2ccccc2)C1=O. The lowest BCUT2D eigenvalue weighted by Crippen LogP contribution is -2.69. The van der Waals surface area contributed by atoms with Crippen molar-refractivity contribution in [3.05, 3.63) is 90.5 Å². The van der Waals surface area contributed by atoms with Crippen LogP contribution in [0, 0.1) is 29.6 Å². The first-order valence-corrected chi connectivity index (χ1v) is 15.2. The number of carbonyl (C=O) groups is 1. The van der Waals surface area contributed by atoms with E-state index in [2.05, 4.69) is 19.6 Å². The van der Waals surface area contributed by atoms with Crippen molar-refractivity contribution in [3.8, 4) is 0 Å². The van der Waals surface area contributed by atoms with Crippen molar-refractivity contribution >= 4 is 15.8 Å². The summed E-state index contributed by atoms with van der Waals surface area (Å²) < 4.78 is 36.1. The predicted molar refractivity (Wildman–Crippen MR) is 150 cm³/mol. The summed E-state index contributed by atoms with van der Waals surface area (Å²) in [5, 5.41) is 0. The second-order valence-corrected chi connectivity index (χ2v) is 13.4. The van der Waals surface area contributed by atoms with E-state index in [-0.39, 0.29) is 27.9 Å². The first kappa shape index (κ1) is 27.0. The Morgan fingerprint density at radius 3 is 2.55 bits per heavy atom. The van der Waals surface area contributed by atoms with Gasteiger partial charge in [-0.2, -0.15) is 4.31 Å². The third-order valence-electron chi connectivity index (χ3n) is 9.50. The van der Waals surface area contributed by atoms with Gasteiger partial charge in [-0.1, -0.05) is 73.2 Å². The zero-order valence-electron chi connectivity index (χ0n) is 22.5. The first-order valence-electron chi connectivity index (χ1n) is 13.8. The summed E-state index contributed by atoms with van der Waals surface area (Å²) in [6.07, 6.45) is 9.43. The van der Waals surface area contributed by atoms with Crippen molar-refractivity contribution in [1.29, 1.82) is 0 Å². The smallest absolute Gasteiger partial charge is 0.243 e. The Morgan fingerprint density at radius 2 is 1.84 bits per heavy atom. The van der Waals surface area contributed by atoms with Crippen molar-refractivity contribution in [2.75, 3.05) is 13.2 Å². The summed E-state index contributed by atoms with van der Waals surface area (Å²) in [6.45, 7) is 9.40. The van der Waals surface area contributed by atoms with E-state index in [1.54, 1.807) is 16.4 Å². The van der Waals surface area contributed by atoms with Crippen LogP contribution in [0.1, 0.15) is 50.2 Å². The largest absolute Gasteiger partial charge is 0.377 e. The van der Waals surface area contributed by atoms with Gasteiger partial charge in [-0.15, -0.1) is 6.58 Å². The highest BCUT2D eigenvalue weighted by molar-refractivity contribution is 7.89. The van der Waals surface area contributed by atoms with Gasteiger partial charge in [0, 0.05) is 19.1 Å². The van der Waals surface area contributed by atoms with Crippen LogP contribution in [-0.2, 0) is 26.2 Å². The number of piperidine rings is 1. The fourth-order valence-corrected chi connectivity index (χ4v) is 9.02. The maximum absolute atomic E-state index is 14.6. The summed E-state index contributed by atoms with van der Waals surface area (Å²) in [5.41, 5.74) is 0.895. The summed E-state index contributed by atoms with van der Waals surface area (Å²) in [5.74, 6) is 0.114. The topological polar surface area (TPSA) is 63.7 Å². The second-order valence-electron chi connectivity index (χ2n) is 11.5. The molecule has 38 heavy (non-hydrogen) atoms. The average molecular weight is 534 g/mol. The van der Waals surface area contributed by atoms with Crippen LogP contribution >= 0.6 is 0 Å². The molecule has 5 atom stereocenters. The van der Waals surface area contributed by atoms with Gasteiger partial charge in [-0.3, -0.25) is 4.79 Å². The summed E-state index contributed by atoms with van der Waals surface area (Å²) in [7, 11) is -3.81. The molecule has 1 heterocycles. The number of carbonyl (C=O) groups excluding carboxylic acids is 1. The molecule has 2 aromatic rings. The first-order chi connectivity index (χ1) is 18.2. The molecule has 5 rings (SSSR count). The van der Waals surface area contributed by atoms with Gasteiger partial charge >= 0.3 is 0 Å². The third kappa shape index (κ3) is 4.41. The number of aryl methyl sites for hydroxylation is 1. The Hall–Kier alpha value is -2.54. The predicted octanol–water partition coefficient (Wildman–Crippen LogP) is 6.10. The molecule has 4 bridgehead atoms. The van der Waals surface area contributed by atoms with Crippen LogP contribution < -0.4 is 0 Å². The Labute approximate surface area is 227 Å². The molecule has 0 N–H and O–H groups in total. The molecule has 3 aliphatic rings. The zero-order valence-corrected chi connectivity index (χ0v) is 23.3. The molecular weight excluding hydrogens is 494 g/mol. The highest BCUT2D eigenvalue weighted by Crippen LogP contribution is 2.64. The van der Waals surface area contributed by atoms with Crippen LogP contribution in [0.5, 0.6) is 0 Å². The quantitative estimate of drug-likeness (QED) is 0.289. The highest BCUT2D eigenvalue weighted by atomic mass is 32.2. The van der Waals surface area contributed by atoms with Gasteiger partial charge in [0.15, 0.2) is 0 Å². The Morgan fingerprint density at radius 1 is 1.11 bits per heavy atom. The van der Waals surface area contributed by atoms with E-state index in [0.717, 1.165) is 30.4 Å². The Bertz CT molecular complexity index is 1300. The van der Waals surface area contributed by atoms with Crippen molar-refractivity contribution < 1.29 is 17.9 Å². The lowest BCUT2D eigenvalue weighted by molar-refractivity contribution is -0.159. The number of rotatable bonds is 9. The van der Waals surface area contributed by atoms with Crippen LogP contribution in [0.25, 0.3) is 0 Å². The molecule has 0 aromatic heterocycles. The van der Waals surface area contributed by atoms with E-state index in [9.17, 15) is 13.2 Å². The van der Waals surface area contributed by atoms with Crippen LogP contribution in [0.3, 0.4) is 0 Å². The van der Waals surface area contributed by atoms with E-state index >= 15 is 0 Å². The lowest BCUT2D eigenvalue weighted by atomic mass is 9.47. The average Bonchev–Trinajstić information content (AvgIpc) is 2.95. The molecule has 0 radical (unpaired) electrons. The van der Waals surface area contributed by atoms with E-state index < -0.39 is 21.5 Å². The van der Waals surface area contributed by atoms with E-state index in [1.807, 2.05) is 61.5 Å². The van der Waals surface area contributed by atoms with Crippen molar-refractivity contribution in [1.82, 2.24) is 4.31 Å². The zero-order chi connectivity index (χ0) is 27.0. The molecule has 202 valence electrons. The maximum atomic E-state index is 14.6. The summed E-state index contributed by atoms with van der Waals surface area (Å²) >= 11 is 0. The maximum Gasteiger partial charge on any atom is 0.243 e. The van der Waals surface area contributed by atoms with Crippen LogP contribution in [0.4, 0.5) is 0 Å². The molecule has 2 fully saturated rings. The minimum absolute atomic E-state index is 0.0804. The van der Waals surface area contributed by atoms with Crippen molar-refractivity contribution in [2.45, 2.75) is 63.5 Å². The van der Waals surface area contributed by atoms with Crippen molar-refractivity contribution in [2.24, 2.45) is 22.7 Å². The molecule has 0 amide bonds. The molecular formula is C32H39NO4S. The molecule has 1 saturated heterocycles. The fourth-order valence-electron chi connectivity index (χ4n) is 7.34. The molecule has 2 aromatic carbocycles. The number of allylic oxidation sites excluding steroid dienone is 2. The van der Waals surface area contributed by atoms with E-state index in [1.165, 1.54) is 0 Å². The van der Waals surface area contributed by atoms with Gasteiger partial charge < -0.3 is 4.74 Å². The van der Waals surface area contributed by atoms with Gasteiger partial charge in [0.1, 0.15) is 5.78 Å². The molecule has 5 nitrogen and oxygen atoms in total. The van der Waals surface area contributed by atoms with E-state index in [0.29, 0.717) is 32.6 Å². The molecule has 0 unspecified atom stereocenters. The van der Waals surface area contributed by atoms with Crippen LogP contribution in [-0.4, -0.2) is 37.7 Å². The molecule has 6 heteroatoms. The number of Topliss-reactive ketones (excluding diaryl/α,β-unsaturated/α-hetero) is 1. The Kier molecular flexibility index (Phi) is 7.51. The number of hydrogen-bond acceptors (Lipinski definition) is 4. The standard InChI is InChI=1S/C32H39NO4S/c1-4-9-26-15-16-27-22-33(38(35,36)28-17-13-24(2)14-18-28)29-12-8-19-31(27,3)32(29,30(26)34)20-21-37-23-25-10-6-5-7-11-25/h4-8,10-14,17-18,26-27,29H,1,9,15-16,19-23H2,2-3H3/t26-,27-,29+,31+,32-/m1/s1. The van der Waals surface area contributed by atoms with Gasteiger partial charge in [-0.05, 0) is 68.1 Å².